The molecule has 0 aliphatic rings. The molecule has 0 bridgehead atoms. The van der Waals surface area contributed by atoms with E-state index in [0.717, 1.165) is 12.8 Å². The van der Waals surface area contributed by atoms with E-state index < -0.39 is 0 Å². The Hall–Kier alpha value is -0.0800. The largest absolute Gasteiger partial charge is 0.392 e. The lowest BCUT2D eigenvalue weighted by Crippen LogP contribution is -2.19. The third-order valence-electron chi connectivity index (χ3n) is 5.12. The minimum absolute atomic E-state index is 0.269. The summed E-state index contributed by atoms with van der Waals surface area (Å²) < 4.78 is 0. The van der Waals surface area contributed by atoms with Gasteiger partial charge in [0, 0.05) is 6.54 Å². The molecule has 26 heavy (non-hydrogen) atoms. The highest BCUT2D eigenvalue weighted by atomic mass is 16.3. The van der Waals surface area contributed by atoms with Crippen LogP contribution in [0.5, 0.6) is 0 Å². The fraction of sp³-hybridized carbons (Fsp3) is 1.00. The SMILES string of the molecule is CCCCCCCCCCC.CCCCCCCCCCCC(O)CN. The molecule has 0 fully saturated rings. The van der Waals surface area contributed by atoms with E-state index in [-0.39, 0.29) is 6.10 Å². The lowest BCUT2D eigenvalue weighted by molar-refractivity contribution is 0.168. The highest BCUT2D eigenvalue weighted by Crippen LogP contribution is 2.11. The molecule has 1 unspecified atom stereocenters. The van der Waals surface area contributed by atoms with Crippen molar-refractivity contribution in [2.75, 3.05) is 6.54 Å². The molecule has 0 rings (SSSR count). The number of aliphatic hydroxyl groups excluding tert-OH is 1. The predicted molar refractivity (Wildman–Crippen MR) is 120 cm³/mol. The molecule has 3 N–H and O–H groups in total. The fourth-order valence-electron chi connectivity index (χ4n) is 3.19. The first-order valence-electron chi connectivity index (χ1n) is 12.1. The van der Waals surface area contributed by atoms with Crippen LogP contribution in [-0.4, -0.2) is 17.8 Å². The van der Waals surface area contributed by atoms with Gasteiger partial charge in [0.15, 0.2) is 0 Å². The van der Waals surface area contributed by atoms with Crippen LogP contribution in [0.25, 0.3) is 0 Å². The van der Waals surface area contributed by atoms with E-state index in [9.17, 15) is 5.11 Å². The summed E-state index contributed by atoms with van der Waals surface area (Å²) in [7, 11) is 0. The Balaban J connectivity index is 0. The Morgan fingerprint density at radius 3 is 1.04 bits per heavy atom. The normalized spacial score (nSPS) is 11.9. The summed E-state index contributed by atoms with van der Waals surface area (Å²) >= 11 is 0. The molecule has 0 saturated heterocycles. The van der Waals surface area contributed by atoms with Gasteiger partial charge in [-0.2, -0.15) is 0 Å². The lowest BCUT2D eigenvalue weighted by Gasteiger charge is -2.06. The quantitative estimate of drug-likeness (QED) is 0.228. The Morgan fingerprint density at radius 2 is 0.769 bits per heavy atom. The number of hydrogen-bond donors (Lipinski definition) is 2. The third-order valence-corrected chi connectivity index (χ3v) is 5.12. The van der Waals surface area contributed by atoms with Crippen molar-refractivity contribution in [2.24, 2.45) is 5.73 Å². The number of hydrogen-bond acceptors (Lipinski definition) is 2. The molecule has 160 valence electrons. The van der Waals surface area contributed by atoms with Gasteiger partial charge in [-0.3, -0.25) is 0 Å². The minimum atomic E-state index is -0.269. The van der Waals surface area contributed by atoms with E-state index in [1.807, 2.05) is 0 Å². The van der Waals surface area contributed by atoms with Gasteiger partial charge in [-0.25, -0.2) is 0 Å². The first-order chi connectivity index (χ1) is 12.7. The van der Waals surface area contributed by atoms with Crippen molar-refractivity contribution in [2.45, 2.75) is 149 Å². The molecule has 0 saturated carbocycles. The number of unbranched alkanes of at least 4 members (excludes halogenated alkanes) is 16. The van der Waals surface area contributed by atoms with E-state index in [0.29, 0.717) is 6.54 Å². The molecule has 0 radical (unpaired) electrons. The van der Waals surface area contributed by atoms with E-state index in [4.69, 9.17) is 5.73 Å². The number of rotatable bonds is 19. The topological polar surface area (TPSA) is 46.2 Å². The Labute approximate surface area is 166 Å². The molecule has 1 atom stereocenters. The molecule has 0 aromatic heterocycles. The van der Waals surface area contributed by atoms with Gasteiger partial charge in [0.2, 0.25) is 0 Å². The molecule has 2 heteroatoms. The van der Waals surface area contributed by atoms with Crippen LogP contribution < -0.4 is 5.73 Å². The summed E-state index contributed by atoms with van der Waals surface area (Å²) in [6.07, 6.45) is 25.6. The summed E-state index contributed by atoms with van der Waals surface area (Å²) in [4.78, 5) is 0. The Bertz CT molecular complexity index is 212. The van der Waals surface area contributed by atoms with Crippen molar-refractivity contribution in [3.63, 3.8) is 0 Å². The van der Waals surface area contributed by atoms with Crippen LogP contribution in [0.2, 0.25) is 0 Å². The molecule has 0 amide bonds. The molecular formula is C24H53NO. The van der Waals surface area contributed by atoms with Crippen LogP contribution in [0.15, 0.2) is 0 Å². The van der Waals surface area contributed by atoms with Crippen LogP contribution in [0.1, 0.15) is 143 Å². The second-order valence-electron chi connectivity index (χ2n) is 7.98. The van der Waals surface area contributed by atoms with Gasteiger partial charge in [-0.1, -0.05) is 136 Å². The monoisotopic (exact) mass is 371 g/mol. The standard InChI is InChI=1S/C13H29NO.C11H24/c1-2-3-4-5-6-7-8-9-10-11-13(15)12-14;1-3-5-7-9-11-10-8-6-4-2/h13,15H,2-12,14H2,1H3;3-11H2,1-2H3. The van der Waals surface area contributed by atoms with Gasteiger partial charge in [-0.15, -0.1) is 0 Å². The molecular weight excluding hydrogens is 318 g/mol. The molecule has 2 nitrogen and oxygen atoms in total. The molecule has 0 spiro atoms. The Kier molecular flexibility index (Phi) is 29.4. The summed E-state index contributed by atoms with van der Waals surface area (Å²) in [6.45, 7) is 7.22. The number of nitrogens with two attached hydrogens (primary N) is 1. The van der Waals surface area contributed by atoms with Crippen LogP contribution in [-0.2, 0) is 0 Å². The van der Waals surface area contributed by atoms with Crippen LogP contribution in [0, 0.1) is 0 Å². The van der Waals surface area contributed by atoms with E-state index in [1.54, 1.807) is 0 Å². The van der Waals surface area contributed by atoms with Crippen LogP contribution >= 0.6 is 0 Å². The van der Waals surface area contributed by atoms with Crippen LogP contribution in [0.3, 0.4) is 0 Å². The Morgan fingerprint density at radius 1 is 0.500 bits per heavy atom. The second kappa shape index (κ2) is 27.1. The highest BCUT2D eigenvalue weighted by molar-refractivity contribution is 4.55. The lowest BCUT2D eigenvalue weighted by atomic mass is 10.1. The van der Waals surface area contributed by atoms with Gasteiger partial charge in [0.05, 0.1) is 6.10 Å². The van der Waals surface area contributed by atoms with Gasteiger partial charge in [0.1, 0.15) is 0 Å². The van der Waals surface area contributed by atoms with Crippen molar-refractivity contribution in [1.82, 2.24) is 0 Å². The zero-order chi connectivity index (χ0) is 19.7. The second-order valence-corrected chi connectivity index (χ2v) is 7.98. The predicted octanol–water partition coefficient (Wildman–Crippen LogP) is 7.76. The van der Waals surface area contributed by atoms with Gasteiger partial charge in [-0.05, 0) is 6.42 Å². The van der Waals surface area contributed by atoms with Gasteiger partial charge in [0.25, 0.3) is 0 Å². The first-order valence-corrected chi connectivity index (χ1v) is 12.1. The molecule has 0 aromatic carbocycles. The molecule has 0 heterocycles. The summed E-state index contributed by atoms with van der Waals surface area (Å²) in [5.41, 5.74) is 5.33. The smallest absolute Gasteiger partial charge is 0.0662 e. The summed E-state index contributed by atoms with van der Waals surface area (Å²) in [5.74, 6) is 0. The minimum Gasteiger partial charge on any atom is -0.392 e. The maximum absolute atomic E-state index is 9.23. The fourth-order valence-corrected chi connectivity index (χ4v) is 3.19. The number of aliphatic hydroxyl groups is 1. The van der Waals surface area contributed by atoms with Gasteiger partial charge < -0.3 is 10.8 Å². The maximum Gasteiger partial charge on any atom is 0.0662 e. The zero-order valence-corrected chi connectivity index (χ0v) is 18.7. The third kappa shape index (κ3) is 28.7. The zero-order valence-electron chi connectivity index (χ0n) is 18.7. The van der Waals surface area contributed by atoms with E-state index >= 15 is 0 Å². The van der Waals surface area contributed by atoms with E-state index in [2.05, 4.69) is 20.8 Å². The van der Waals surface area contributed by atoms with E-state index in [1.165, 1.54) is 109 Å². The van der Waals surface area contributed by atoms with Crippen molar-refractivity contribution in [1.29, 1.82) is 0 Å². The molecule has 0 aliphatic carbocycles. The molecule has 0 aliphatic heterocycles. The first kappa shape index (κ1) is 28.1. The van der Waals surface area contributed by atoms with Crippen molar-refractivity contribution in [3.05, 3.63) is 0 Å². The van der Waals surface area contributed by atoms with Crippen molar-refractivity contribution < 1.29 is 5.11 Å². The van der Waals surface area contributed by atoms with Crippen LogP contribution in [0.4, 0.5) is 0 Å². The maximum atomic E-state index is 9.23. The highest BCUT2D eigenvalue weighted by Gasteiger charge is 1.99. The summed E-state index contributed by atoms with van der Waals surface area (Å²) in [6, 6.07) is 0. The van der Waals surface area contributed by atoms with Crippen molar-refractivity contribution >= 4 is 0 Å². The average Bonchev–Trinajstić information content (AvgIpc) is 2.66. The molecule has 0 aromatic rings. The van der Waals surface area contributed by atoms with Gasteiger partial charge >= 0.3 is 0 Å². The average molecular weight is 372 g/mol. The summed E-state index contributed by atoms with van der Waals surface area (Å²) in [5, 5.41) is 9.23. The van der Waals surface area contributed by atoms with Crippen molar-refractivity contribution in [3.8, 4) is 0 Å².